The molecule has 26 heavy (non-hydrogen) atoms. The van der Waals surface area contributed by atoms with E-state index in [1.807, 2.05) is 42.3 Å². The molecule has 2 heterocycles. The SMILES string of the molecule is CCC(=O)N(Cc1cccnc1)Cc1nccn1Cc1ccccc1C. The van der Waals surface area contributed by atoms with E-state index in [0.29, 0.717) is 19.5 Å². The van der Waals surface area contributed by atoms with Crippen molar-refractivity contribution in [3.8, 4) is 0 Å². The molecule has 134 valence electrons. The second-order valence-electron chi connectivity index (χ2n) is 6.36. The van der Waals surface area contributed by atoms with Crippen LogP contribution >= 0.6 is 0 Å². The predicted octanol–water partition coefficient (Wildman–Crippen LogP) is 3.57. The number of benzene rings is 1. The van der Waals surface area contributed by atoms with Crippen LogP contribution in [0.15, 0.2) is 61.2 Å². The summed E-state index contributed by atoms with van der Waals surface area (Å²) in [5, 5.41) is 0. The third-order valence-corrected chi connectivity index (χ3v) is 4.49. The molecule has 5 heteroatoms. The number of pyridine rings is 1. The average molecular weight is 348 g/mol. The molecule has 0 atom stereocenters. The minimum absolute atomic E-state index is 0.110. The topological polar surface area (TPSA) is 51.0 Å². The Bertz CT molecular complexity index is 857. The Hall–Kier alpha value is -2.95. The van der Waals surface area contributed by atoms with Crippen molar-refractivity contribution in [1.29, 1.82) is 0 Å². The van der Waals surface area contributed by atoms with E-state index in [4.69, 9.17) is 0 Å². The first-order valence-electron chi connectivity index (χ1n) is 8.88. The molecule has 5 nitrogen and oxygen atoms in total. The van der Waals surface area contributed by atoms with Crippen LogP contribution in [0.2, 0.25) is 0 Å². The van der Waals surface area contributed by atoms with Crippen LogP contribution in [0.5, 0.6) is 0 Å². The maximum atomic E-state index is 12.4. The van der Waals surface area contributed by atoms with Gasteiger partial charge in [0.2, 0.25) is 5.91 Å². The number of rotatable bonds is 7. The van der Waals surface area contributed by atoms with Gasteiger partial charge < -0.3 is 9.47 Å². The highest BCUT2D eigenvalue weighted by Gasteiger charge is 2.16. The Balaban J connectivity index is 1.78. The second kappa shape index (κ2) is 8.43. The lowest BCUT2D eigenvalue weighted by Crippen LogP contribution is -2.30. The summed E-state index contributed by atoms with van der Waals surface area (Å²) in [6.07, 6.45) is 7.78. The first-order chi connectivity index (χ1) is 12.7. The largest absolute Gasteiger partial charge is 0.331 e. The fourth-order valence-corrected chi connectivity index (χ4v) is 2.95. The molecule has 3 rings (SSSR count). The Morgan fingerprint density at radius 1 is 1.12 bits per heavy atom. The molecule has 3 aromatic rings. The Labute approximate surface area is 154 Å². The van der Waals surface area contributed by atoms with Crippen molar-refractivity contribution < 1.29 is 4.79 Å². The van der Waals surface area contributed by atoms with Crippen LogP contribution in [0.25, 0.3) is 0 Å². The van der Waals surface area contributed by atoms with Gasteiger partial charge in [-0.15, -0.1) is 0 Å². The second-order valence-corrected chi connectivity index (χ2v) is 6.36. The van der Waals surface area contributed by atoms with Crippen molar-refractivity contribution in [3.63, 3.8) is 0 Å². The Morgan fingerprint density at radius 2 is 1.96 bits per heavy atom. The lowest BCUT2D eigenvalue weighted by molar-refractivity contribution is -0.132. The van der Waals surface area contributed by atoms with Crippen LogP contribution in [0.3, 0.4) is 0 Å². The molecule has 1 aromatic carbocycles. The van der Waals surface area contributed by atoms with Crippen LogP contribution in [0.1, 0.15) is 35.9 Å². The highest BCUT2D eigenvalue weighted by Crippen LogP contribution is 2.14. The number of hydrogen-bond donors (Lipinski definition) is 0. The molecule has 0 saturated carbocycles. The molecule has 0 aliphatic rings. The maximum absolute atomic E-state index is 12.4. The van der Waals surface area contributed by atoms with Crippen molar-refractivity contribution in [1.82, 2.24) is 19.4 Å². The third kappa shape index (κ3) is 4.36. The number of carbonyl (C=O) groups is 1. The molecule has 0 fully saturated rings. The number of nitrogens with zero attached hydrogens (tertiary/aromatic N) is 4. The first-order valence-corrected chi connectivity index (χ1v) is 8.88. The van der Waals surface area contributed by atoms with Crippen LogP contribution in [0.4, 0.5) is 0 Å². The summed E-state index contributed by atoms with van der Waals surface area (Å²) in [7, 11) is 0. The zero-order valence-electron chi connectivity index (χ0n) is 15.3. The molecular formula is C21H24N4O. The Morgan fingerprint density at radius 3 is 2.69 bits per heavy atom. The summed E-state index contributed by atoms with van der Waals surface area (Å²) >= 11 is 0. The first kappa shape index (κ1) is 17.9. The van der Waals surface area contributed by atoms with E-state index in [0.717, 1.165) is 17.9 Å². The molecule has 0 unspecified atom stereocenters. The van der Waals surface area contributed by atoms with Gasteiger partial charge in [-0.3, -0.25) is 9.78 Å². The maximum Gasteiger partial charge on any atom is 0.222 e. The fourth-order valence-electron chi connectivity index (χ4n) is 2.95. The van der Waals surface area contributed by atoms with E-state index >= 15 is 0 Å². The predicted molar refractivity (Wildman–Crippen MR) is 101 cm³/mol. The zero-order valence-corrected chi connectivity index (χ0v) is 15.3. The molecule has 1 amide bonds. The van der Waals surface area contributed by atoms with Crippen molar-refractivity contribution in [2.24, 2.45) is 0 Å². The van der Waals surface area contributed by atoms with Gasteiger partial charge in [0.15, 0.2) is 0 Å². The molecule has 0 radical (unpaired) electrons. The van der Waals surface area contributed by atoms with Gasteiger partial charge in [0.25, 0.3) is 0 Å². The number of carbonyl (C=O) groups excluding carboxylic acids is 1. The van der Waals surface area contributed by atoms with Gasteiger partial charge >= 0.3 is 0 Å². The molecule has 2 aromatic heterocycles. The molecule has 0 saturated heterocycles. The van der Waals surface area contributed by atoms with Gasteiger partial charge in [-0.2, -0.15) is 0 Å². The lowest BCUT2D eigenvalue weighted by atomic mass is 10.1. The molecule has 0 spiro atoms. The minimum Gasteiger partial charge on any atom is -0.331 e. The van der Waals surface area contributed by atoms with Crippen molar-refractivity contribution in [3.05, 3.63) is 83.7 Å². The van der Waals surface area contributed by atoms with E-state index in [9.17, 15) is 4.79 Å². The van der Waals surface area contributed by atoms with E-state index in [1.165, 1.54) is 11.1 Å². The van der Waals surface area contributed by atoms with Gasteiger partial charge in [-0.1, -0.05) is 37.3 Å². The van der Waals surface area contributed by atoms with Crippen LogP contribution in [-0.2, 0) is 24.4 Å². The van der Waals surface area contributed by atoms with Crippen molar-refractivity contribution in [2.75, 3.05) is 0 Å². The van der Waals surface area contributed by atoms with Crippen LogP contribution in [0, 0.1) is 6.92 Å². The van der Waals surface area contributed by atoms with Gasteiger partial charge in [-0.25, -0.2) is 4.98 Å². The smallest absolute Gasteiger partial charge is 0.222 e. The number of hydrogen-bond acceptors (Lipinski definition) is 3. The van der Waals surface area contributed by atoms with Crippen LogP contribution < -0.4 is 0 Å². The third-order valence-electron chi connectivity index (χ3n) is 4.49. The van der Waals surface area contributed by atoms with E-state index < -0.39 is 0 Å². The molecule has 0 aliphatic carbocycles. The lowest BCUT2D eigenvalue weighted by Gasteiger charge is -2.22. The minimum atomic E-state index is 0.110. The summed E-state index contributed by atoms with van der Waals surface area (Å²) in [4.78, 5) is 22.9. The number of amides is 1. The standard InChI is InChI=1S/C21H24N4O/c1-3-21(26)25(14-18-8-6-10-22-13-18)16-20-23-11-12-24(20)15-19-9-5-4-7-17(19)2/h4-13H,3,14-16H2,1-2H3. The Kier molecular flexibility index (Phi) is 5.79. The van der Waals surface area contributed by atoms with Gasteiger partial charge in [0, 0.05) is 44.3 Å². The number of imidazole rings is 1. The summed E-state index contributed by atoms with van der Waals surface area (Å²) < 4.78 is 2.11. The van der Waals surface area contributed by atoms with Crippen LogP contribution in [-0.4, -0.2) is 25.3 Å². The molecule has 0 aliphatic heterocycles. The monoisotopic (exact) mass is 348 g/mol. The van der Waals surface area contributed by atoms with E-state index in [-0.39, 0.29) is 5.91 Å². The van der Waals surface area contributed by atoms with Gasteiger partial charge in [0.1, 0.15) is 5.82 Å². The van der Waals surface area contributed by atoms with Gasteiger partial charge in [-0.05, 0) is 29.7 Å². The highest BCUT2D eigenvalue weighted by molar-refractivity contribution is 5.75. The number of aryl methyl sites for hydroxylation is 1. The fraction of sp³-hybridized carbons (Fsp3) is 0.286. The molecule has 0 bridgehead atoms. The van der Waals surface area contributed by atoms with E-state index in [2.05, 4.69) is 33.6 Å². The van der Waals surface area contributed by atoms with Gasteiger partial charge in [0.05, 0.1) is 6.54 Å². The highest BCUT2D eigenvalue weighted by atomic mass is 16.2. The average Bonchev–Trinajstić information content (AvgIpc) is 3.10. The summed E-state index contributed by atoms with van der Waals surface area (Å²) in [5.74, 6) is 0.998. The summed E-state index contributed by atoms with van der Waals surface area (Å²) in [5.41, 5.74) is 3.53. The number of aromatic nitrogens is 3. The zero-order chi connectivity index (χ0) is 18.4. The van der Waals surface area contributed by atoms with E-state index in [1.54, 1.807) is 18.6 Å². The summed E-state index contributed by atoms with van der Waals surface area (Å²) in [6, 6.07) is 12.2. The molecular weight excluding hydrogens is 324 g/mol. The normalized spacial score (nSPS) is 10.7. The molecule has 0 N–H and O–H groups in total. The van der Waals surface area contributed by atoms with Crippen molar-refractivity contribution in [2.45, 2.75) is 39.9 Å². The summed E-state index contributed by atoms with van der Waals surface area (Å²) in [6.45, 7) is 5.78. The van der Waals surface area contributed by atoms with Crippen molar-refractivity contribution >= 4 is 5.91 Å². The quantitative estimate of drug-likeness (QED) is 0.656.